The zero-order chi connectivity index (χ0) is 15.7. The average molecular weight is 298 g/mol. The summed E-state index contributed by atoms with van der Waals surface area (Å²) in [7, 11) is 0. The van der Waals surface area contributed by atoms with Crippen molar-refractivity contribution in [3.8, 4) is 5.75 Å². The highest BCUT2D eigenvalue weighted by molar-refractivity contribution is 6.01. The molecule has 2 N–H and O–H groups in total. The van der Waals surface area contributed by atoms with Gasteiger partial charge in [0.25, 0.3) is 0 Å². The molecular weight excluding hydrogens is 276 g/mol. The maximum atomic E-state index is 11.8. The molecule has 0 atom stereocenters. The average Bonchev–Trinajstić information content (AvgIpc) is 2.45. The highest BCUT2D eigenvalue weighted by Crippen LogP contribution is 2.17. The van der Waals surface area contributed by atoms with Gasteiger partial charge in [-0.05, 0) is 38.1 Å². The zero-order valence-electron chi connectivity index (χ0n) is 12.4. The summed E-state index contributed by atoms with van der Waals surface area (Å²) in [5, 5.41) is 18.1. The molecule has 0 unspecified atom stereocenters. The van der Waals surface area contributed by atoms with Gasteiger partial charge in [-0.15, -0.1) is 0 Å². The lowest BCUT2D eigenvalue weighted by molar-refractivity contribution is -0.0212. The molecule has 0 heterocycles. The molecule has 0 aliphatic rings. The van der Waals surface area contributed by atoms with Crippen LogP contribution in [0, 0.1) is 0 Å². The fraction of sp³-hybridized carbons (Fsp3) is 0.533. The topological polar surface area (TPSA) is 85.2 Å². The number of Topliss-reactive ketones (excluding diaryl/α,β-unsaturated/α-hetero) is 1. The van der Waals surface area contributed by atoms with E-state index in [-0.39, 0.29) is 19.2 Å². The Bertz CT molecular complexity index is 421. The summed E-state index contributed by atoms with van der Waals surface area (Å²) in [6, 6.07) is 6.48. The van der Waals surface area contributed by atoms with E-state index in [1.54, 1.807) is 24.3 Å². The number of carbonyl (C=O) groups is 1. The van der Waals surface area contributed by atoms with Gasteiger partial charge in [0.1, 0.15) is 11.4 Å². The van der Waals surface area contributed by atoms with Crippen molar-refractivity contribution in [1.82, 2.24) is 0 Å². The van der Waals surface area contributed by atoms with Crippen LogP contribution in [0.4, 0.5) is 0 Å². The molecule has 0 spiro atoms. The van der Waals surface area contributed by atoms with E-state index in [0.717, 1.165) is 0 Å². The fourth-order valence-corrected chi connectivity index (χ4v) is 1.51. The van der Waals surface area contributed by atoms with E-state index in [4.69, 9.17) is 19.3 Å². The molecule has 0 radical (unpaired) electrons. The predicted octanol–water partition coefficient (Wildman–Crippen LogP) is 1.00. The molecule has 0 saturated heterocycles. The van der Waals surface area contributed by atoms with Crippen molar-refractivity contribution in [1.29, 1.82) is 0 Å². The minimum absolute atomic E-state index is 0.00772. The van der Waals surface area contributed by atoms with Crippen molar-refractivity contribution in [2.45, 2.75) is 19.4 Å². The van der Waals surface area contributed by atoms with Crippen LogP contribution < -0.4 is 4.74 Å². The molecule has 6 nitrogen and oxygen atoms in total. The molecule has 1 aromatic carbocycles. The normalized spacial score (nSPS) is 11.4. The highest BCUT2D eigenvalue weighted by atomic mass is 16.7. The monoisotopic (exact) mass is 298 g/mol. The lowest BCUT2D eigenvalue weighted by atomic mass is 9.97. The van der Waals surface area contributed by atoms with Gasteiger partial charge in [-0.3, -0.25) is 4.79 Å². The minimum Gasteiger partial charge on any atom is -0.468 e. The van der Waals surface area contributed by atoms with Gasteiger partial charge in [0.05, 0.1) is 26.4 Å². The van der Waals surface area contributed by atoms with E-state index in [9.17, 15) is 9.90 Å². The Balaban J connectivity index is 2.30. The number of ketones is 1. The number of hydrogen-bond acceptors (Lipinski definition) is 6. The molecule has 1 rings (SSSR count). The summed E-state index contributed by atoms with van der Waals surface area (Å²) in [4.78, 5) is 11.8. The van der Waals surface area contributed by atoms with E-state index in [1.165, 1.54) is 13.8 Å². The summed E-state index contributed by atoms with van der Waals surface area (Å²) in [5.74, 6) is 0.227. The second kappa shape index (κ2) is 8.74. The van der Waals surface area contributed by atoms with E-state index in [0.29, 0.717) is 31.1 Å². The first-order valence-electron chi connectivity index (χ1n) is 6.71. The van der Waals surface area contributed by atoms with Crippen molar-refractivity contribution in [2.24, 2.45) is 0 Å². The molecular formula is C15H22O6. The number of hydrogen-bond donors (Lipinski definition) is 2. The third-order valence-electron chi connectivity index (χ3n) is 2.59. The number of aliphatic hydroxyl groups excluding tert-OH is 1. The first-order chi connectivity index (χ1) is 9.95. The van der Waals surface area contributed by atoms with Crippen LogP contribution in [0.3, 0.4) is 0 Å². The van der Waals surface area contributed by atoms with Gasteiger partial charge < -0.3 is 24.4 Å². The minimum atomic E-state index is -1.39. The molecule has 0 aliphatic heterocycles. The number of aliphatic hydroxyl groups is 2. The molecule has 118 valence electrons. The summed E-state index contributed by atoms with van der Waals surface area (Å²) in [6.45, 7) is 4.02. The van der Waals surface area contributed by atoms with Crippen molar-refractivity contribution >= 4 is 5.78 Å². The summed E-state index contributed by atoms with van der Waals surface area (Å²) in [6.07, 6.45) is 0. The number of carbonyl (C=O) groups excluding carboxylic acids is 1. The first kappa shape index (κ1) is 17.6. The molecule has 6 heteroatoms. The standard InChI is InChI=1S/C15H22O6/c1-15(2,18)14(17)12-3-5-13(6-4-12)21-11-20-10-9-19-8-7-16/h3-6,16,18H,7-11H2,1-2H3. The van der Waals surface area contributed by atoms with Crippen LogP contribution in [-0.2, 0) is 9.47 Å². The van der Waals surface area contributed by atoms with Gasteiger partial charge in [-0.25, -0.2) is 0 Å². The third-order valence-corrected chi connectivity index (χ3v) is 2.59. The Morgan fingerprint density at radius 2 is 1.71 bits per heavy atom. The number of rotatable bonds is 10. The molecule has 0 amide bonds. The first-order valence-corrected chi connectivity index (χ1v) is 6.71. The van der Waals surface area contributed by atoms with E-state index in [1.807, 2.05) is 0 Å². The summed E-state index contributed by atoms with van der Waals surface area (Å²) >= 11 is 0. The van der Waals surface area contributed by atoms with E-state index >= 15 is 0 Å². The Labute approximate surface area is 124 Å². The second-order valence-corrected chi connectivity index (χ2v) is 4.92. The fourth-order valence-electron chi connectivity index (χ4n) is 1.51. The second-order valence-electron chi connectivity index (χ2n) is 4.92. The van der Waals surface area contributed by atoms with Crippen molar-refractivity contribution in [2.75, 3.05) is 33.2 Å². The molecule has 0 aromatic heterocycles. The maximum Gasteiger partial charge on any atom is 0.193 e. The van der Waals surface area contributed by atoms with E-state index in [2.05, 4.69) is 0 Å². The van der Waals surface area contributed by atoms with Crippen molar-refractivity contribution in [3.05, 3.63) is 29.8 Å². The maximum absolute atomic E-state index is 11.8. The number of benzene rings is 1. The van der Waals surface area contributed by atoms with Gasteiger partial charge >= 0.3 is 0 Å². The van der Waals surface area contributed by atoms with Crippen LogP contribution in [0.1, 0.15) is 24.2 Å². The lowest BCUT2D eigenvalue weighted by Gasteiger charge is -2.15. The molecule has 1 aromatic rings. The molecule has 0 fully saturated rings. The van der Waals surface area contributed by atoms with Gasteiger partial charge in [-0.1, -0.05) is 0 Å². The quantitative estimate of drug-likeness (QED) is 0.381. The Morgan fingerprint density at radius 3 is 2.29 bits per heavy atom. The van der Waals surface area contributed by atoms with Gasteiger partial charge in [0.15, 0.2) is 12.6 Å². The van der Waals surface area contributed by atoms with Crippen LogP contribution in [0.2, 0.25) is 0 Å². The van der Waals surface area contributed by atoms with Crippen molar-refractivity contribution in [3.63, 3.8) is 0 Å². The smallest absolute Gasteiger partial charge is 0.193 e. The molecule has 21 heavy (non-hydrogen) atoms. The predicted molar refractivity (Wildman–Crippen MR) is 76.4 cm³/mol. The van der Waals surface area contributed by atoms with Crippen molar-refractivity contribution < 1.29 is 29.2 Å². The molecule has 0 saturated carbocycles. The highest BCUT2D eigenvalue weighted by Gasteiger charge is 2.24. The zero-order valence-corrected chi connectivity index (χ0v) is 12.4. The molecule has 0 aliphatic carbocycles. The van der Waals surface area contributed by atoms with Crippen LogP contribution >= 0.6 is 0 Å². The third kappa shape index (κ3) is 6.68. The number of ether oxygens (including phenoxy) is 3. The summed E-state index contributed by atoms with van der Waals surface area (Å²) in [5.41, 5.74) is -0.965. The Hall–Kier alpha value is -1.47. The summed E-state index contributed by atoms with van der Waals surface area (Å²) < 4.78 is 15.5. The van der Waals surface area contributed by atoms with Crippen LogP contribution in [0.15, 0.2) is 24.3 Å². The van der Waals surface area contributed by atoms with Gasteiger partial charge in [0.2, 0.25) is 0 Å². The van der Waals surface area contributed by atoms with Crippen LogP contribution in [-0.4, -0.2) is 54.8 Å². The molecule has 0 bridgehead atoms. The lowest BCUT2D eigenvalue weighted by Crippen LogP contribution is -2.30. The largest absolute Gasteiger partial charge is 0.468 e. The van der Waals surface area contributed by atoms with E-state index < -0.39 is 5.60 Å². The Kier molecular flexibility index (Phi) is 7.31. The SMILES string of the molecule is CC(C)(O)C(=O)c1ccc(OCOCCOCCO)cc1. The van der Waals surface area contributed by atoms with Gasteiger partial charge in [0, 0.05) is 5.56 Å². The van der Waals surface area contributed by atoms with Crippen LogP contribution in [0.25, 0.3) is 0 Å². The van der Waals surface area contributed by atoms with Crippen LogP contribution in [0.5, 0.6) is 5.75 Å². The van der Waals surface area contributed by atoms with Gasteiger partial charge in [-0.2, -0.15) is 0 Å². The Morgan fingerprint density at radius 1 is 1.10 bits per heavy atom.